The summed E-state index contributed by atoms with van der Waals surface area (Å²) in [7, 11) is 1.69. The van der Waals surface area contributed by atoms with Gasteiger partial charge in [0.15, 0.2) is 0 Å². The third-order valence-electron chi connectivity index (χ3n) is 3.49. The predicted molar refractivity (Wildman–Crippen MR) is 69.2 cm³/mol. The van der Waals surface area contributed by atoms with E-state index < -0.39 is 0 Å². The minimum absolute atomic E-state index is 0. The van der Waals surface area contributed by atoms with Crippen molar-refractivity contribution in [3.05, 3.63) is 29.3 Å². The quantitative estimate of drug-likeness (QED) is 0.882. The highest BCUT2D eigenvalue weighted by Crippen LogP contribution is 2.37. The van der Waals surface area contributed by atoms with Gasteiger partial charge in [0.1, 0.15) is 5.75 Å². The second-order valence-electron chi connectivity index (χ2n) is 4.44. The van der Waals surface area contributed by atoms with Crippen LogP contribution in [0.25, 0.3) is 0 Å². The molecular formula is C13H20ClNO. The fraction of sp³-hybridized carbons (Fsp3) is 0.538. The number of benzene rings is 1. The maximum Gasteiger partial charge on any atom is 0.119 e. The summed E-state index contributed by atoms with van der Waals surface area (Å²) < 4.78 is 5.19. The molecule has 0 aliphatic heterocycles. The molecule has 0 bridgehead atoms. The van der Waals surface area contributed by atoms with Gasteiger partial charge in [-0.25, -0.2) is 0 Å². The van der Waals surface area contributed by atoms with Gasteiger partial charge >= 0.3 is 0 Å². The lowest BCUT2D eigenvalue weighted by Crippen LogP contribution is -2.27. The van der Waals surface area contributed by atoms with Crippen LogP contribution in [0.2, 0.25) is 0 Å². The van der Waals surface area contributed by atoms with Gasteiger partial charge in [0.25, 0.3) is 0 Å². The molecule has 1 atom stereocenters. The molecule has 3 heteroatoms. The van der Waals surface area contributed by atoms with E-state index in [1.807, 2.05) is 6.07 Å². The topological polar surface area (TPSA) is 35.2 Å². The van der Waals surface area contributed by atoms with E-state index >= 15 is 0 Å². The molecule has 1 aliphatic carbocycles. The van der Waals surface area contributed by atoms with Crippen molar-refractivity contribution >= 4 is 12.4 Å². The summed E-state index contributed by atoms with van der Waals surface area (Å²) in [6, 6.07) is 6.39. The molecule has 0 unspecified atom stereocenters. The monoisotopic (exact) mass is 241 g/mol. The zero-order valence-electron chi connectivity index (χ0n) is 9.90. The van der Waals surface area contributed by atoms with E-state index in [9.17, 15) is 0 Å². The molecule has 2 N–H and O–H groups in total. The second kappa shape index (κ2) is 5.55. The lowest BCUT2D eigenvalue weighted by Gasteiger charge is -2.32. The molecule has 1 aliphatic rings. The Labute approximate surface area is 104 Å². The van der Waals surface area contributed by atoms with Crippen molar-refractivity contribution in [2.75, 3.05) is 7.11 Å². The minimum Gasteiger partial charge on any atom is -0.497 e. The molecule has 90 valence electrons. The van der Waals surface area contributed by atoms with E-state index in [4.69, 9.17) is 10.5 Å². The lowest BCUT2D eigenvalue weighted by atomic mass is 9.77. The van der Waals surface area contributed by atoms with E-state index in [0.29, 0.717) is 5.92 Å². The number of rotatable bonds is 3. The van der Waals surface area contributed by atoms with E-state index in [0.717, 1.165) is 5.75 Å². The van der Waals surface area contributed by atoms with Gasteiger partial charge in [0.2, 0.25) is 0 Å². The van der Waals surface area contributed by atoms with Gasteiger partial charge in [-0.15, -0.1) is 12.4 Å². The Morgan fingerprint density at radius 2 is 2.06 bits per heavy atom. The van der Waals surface area contributed by atoms with Crippen LogP contribution in [-0.4, -0.2) is 7.11 Å². The highest BCUT2D eigenvalue weighted by molar-refractivity contribution is 5.85. The SMILES string of the molecule is COc1ccc([C@H](N)C2CCC2)c(C)c1.Cl. The minimum atomic E-state index is 0. The zero-order chi connectivity index (χ0) is 10.8. The summed E-state index contributed by atoms with van der Waals surface area (Å²) in [6.07, 6.45) is 3.91. The normalized spacial score (nSPS) is 17.2. The fourth-order valence-electron chi connectivity index (χ4n) is 2.20. The van der Waals surface area contributed by atoms with Crippen LogP contribution in [0.15, 0.2) is 18.2 Å². The van der Waals surface area contributed by atoms with Gasteiger partial charge in [-0.3, -0.25) is 0 Å². The van der Waals surface area contributed by atoms with Crippen LogP contribution in [0.3, 0.4) is 0 Å². The van der Waals surface area contributed by atoms with Gasteiger partial charge in [0, 0.05) is 6.04 Å². The van der Waals surface area contributed by atoms with Crippen LogP contribution in [0.1, 0.15) is 36.4 Å². The van der Waals surface area contributed by atoms with Gasteiger partial charge in [-0.1, -0.05) is 12.5 Å². The van der Waals surface area contributed by atoms with E-state index in [2.05, 4.69) is 19.1 Å². The summed E-state index contributed by atoms with van der Waals surface area (Å²) in [5, 5.41) is 0. The van der Waals surface area contributed by atoms with Crippen LogP contribution < -0.4 is 10.5 Å². The molecule has 1 aromatic rings. The summed E-state index contributed by atoms with van der Waals surface area (Å²) >= 11 is 0. The van der Waals surface area contributed by atoms with Crippen molar-refractivity contribution in [1.29, 1.82) is 0 Å². The van der Waals surface area contributed by atoms with Gasteiger partial charge in [-0.05, 0) is 48.9 Å². The first-order chi connectivity index (χ1) is 7.22. The molecule has 0 heterocycles. The molecule has 0 amide bonds. The number of halogens is 1. The number of nitrogens with two attached hydrogens (primary N) is 1. The molecule has 2 nitrogen and oxygen atoms in total. The summed E-state index contributed by atoms with van der Waals surface area (Å²) in [5.41, 5.74) is 8.77. The van der Waals surface area contributed by atoms with E-state index in [-0.39, 0.29) is 18.4 Å². The average molecular weight is 242 g/mol. The Kier molecular flexibility index (Phi) is 4.63. The van der Waals surface area contributed by atoms with Gasteiger partial charge < -0.3 is 10.5 Å². The predicted octanol–water partition coefficient (Wildman–Crippen LogP) is 3.23. The number of methoxy groups -OCH3 is 1. The number of hydrogen-bond donors (Lipinski definition) is 1. The molecular weight excluding hydrogens is 222 g/mol. The average Bonchev–Trinajstić information content (AvgIpc) is 2.14. The van der Waals surface area contributed by atoms with Crippen LogP contribution in [0.5, 0.6) is 5.75 Å². The molecule has 1 fully saturated rings. The van der Waals surface area contributed by atoms with Crippen molar-refractivity contribution in [3.63, 3.8) is 0 Å². The van der Waals surface area contributed by atoms with Crippen molar-refractivity contribution in [2.24, 2.45) is 11.7 Å². The highest BCUT2D eigenvalue weighted by Gasteiger charge is 2.26. The van der Waals surface area contributed by atoms with Crippen LogP contribution in [0, 0.1) is 12.8 Å². The lowest BCUT2D eigenvalue weighted by molar-refractivity contribution is 0.263. The summed E-state index contributed by atoms with van der Waals surface area (Å²) in [4.78, 5) is 0. The largest absolute Gasteiger partial charge is 0.497 e. The Bertz CT molecular complexity index is 350. The first kappa shape index (κ1) is 13.3. The standard InChI is InChI=1S/C13H19NO.ClH/c1-9-8-11(15-2)6-7-12(9)13(14)10-4-3-5-10;/h6-8,10,13H,3-5,14H2,1-2H3;1H/t13-;/m1./s1. The molecule has 0 saturated heterocycles. The molecule has 1 saturated carbocycles. The maximum atomic E-state index is 6.25. The van der Waals surface area contributed by atoms with E-state index in [1.165, 1.54) is 30.4 Å². The molecule has 0 spiro atoms. The number of ether oxygens (including phenoxy) is 1. The smallest absolute Gasteiger partial charge is 0.119 e. The third-order valence-corrected chi connectivity index (χ3v) is 3.49. The highest BCUT2D eigenvalue weighted by atomic mass is 35.5. The Morgan fingerprint density at radius 1 is 1.38 bits per heavy atom. The van der Waals surface area contributed by atoms with Crippen LogP contribution in [0.4, 0.5) is 0 Å². The molecule has 0 radical (unpaired) electrons. The van der Waals surface area contributed by atoms with Crippen LogP contribution >= 0.6 is 12.4 Å². The molecule has 1 aromatic carbocycles. The first-order valence-electron chi connectivity index (χ1n) is 5.62. The van der Waals surface area contributed by atoms with Crippen molar-refractivity contribution in [1.82, 2.24) is 0 Å². The van der Waals surface area contributed by atoms with Crippen molar-refractivity contribution in [3.8, 4) is 5.75 Å². The van der Waals surface area contributed by atoms with Gasteiger partial charge in [-0.2, -0.15) is 0 Å². The fourth-order valence-corrected chi connectivity index (χ4v) is 2.20. The third kappa shape index (κ3) is 2.50. The first-order valence-corrected chi connectivity index (χ1v) is 5.62. The Balaban J connectivity index is 0.00000128. The van der Waals surface area contributed by atoms with Crippen molar-refractivity contribution in [2.45, 2.75) is 32.2 Å². The molecule has 2 rings (SSSR count). The number of aryl methyl sites for hydroxylation is 1. The van der Waals surface area contributed by atoms with Gasteiger partial charge in [0.05, 0.1) is 7.11 Å². The Hall–Kier alpha value is -0.730. The maximum absolute atomic E-state index is 6.25. The zero-order valence-corrected chi connectivity index (χ0v) is 10.7. The van der Waals surface area contributed by atoms with E-state index in [1.54, 1.807) is 7.11 Å². The van der Waals surface area contributed by atoms with Crippen molar-refractivity contribution < 1.29 is 4.74 Å². The molecule has 0 aromatic heterocycles. The second-order valence-corrected chi connectivity index (χ2v) is 4.44. The molecule has 16 heavy (non-hydrogen) atoms. The Morgan fingerprint density at radius 3 is 2.50 bits per heavy atom. The van der Waals surface area contributed by atoms with Crippen LogP contribution in [-0.2, 0) is 0 Å². The number of hydrogen-bond acceptors (Lipinski definition) is 2. The summed E-state index contributed by atoms with van der Waals surface area (Å²) in [6.45, 7) is 2.11. The summed E-state index contributed by atoms with van der Waals surface area (Å²) in [5.74, 6) is 1.61.